The summed E-state index contributed by atoms with van der Waals surface area (Å²) in [6.45, 7) is 4.42. The average molecular weight is 276 g/mol. The molecule has 108 valence electrons. The van der Waals surface area contributed by atoms with Gasteiger partial charge in [0.05, 0.1) is 17.9 Å². The quantitative estimate of drug-likeness (QED) is 0.868. The first-order valence-electron chi connectivity index (χ1n) is 7.08. The first-order valence-corrected chi connectivity index (χ1v) is 7.08. The van der Waals surface area contributed by atoms with Crippen molar-refractivity contribution in [2.45, 2.75) is 37.9 Å². The predicted molar refractivity (Wildman–Crippen MR) is 72.5 cm³/mol. The van der Waals surface area contributed by atoms with E-state index in [1.54, 1.807) is 11.7 Å². The Labute approximate surface area is 118 Å². The van der Waals surface area contributed by atoms with E-state index in [1.165, 1.54) is 0 Å². The molecule has 1 aromatic heterocycles. The fourth-order valence-corrected chi connectivity index (χ4v) is 3.17. The Balaban J connectivity index is 1.72. The zero-order chi connectivity index (χ0) is 14.2. The van der Waals surface area contributed by atoms with Crippen molar-refractivity contribution >= 4 is 0 Å². The number of aromatic nitrogens is 2. The summed E-state index contributed by atoms with van der Waals surface area (Å²) < 4.78 is 13.7. The Hall–Kier alpha value is -1.58. The lowest BCUT2D eigenvalue weighted by Gasteiger charge is -2.32. The van der Waals surface area contributed by atoms with Crippen LogP contribution in [0, 0.1) is 18.3 Å². The molecule has 0 bridgehead atoms. The van der Waals surface area contributed by atoms with Gasteiger partial charge in [-0.3, -0.25) is 0 Å². The fourth-order valence-electron chi connectivity index (χ4n) is 3.17. The van der Waals surface area contributed by atoms with Crippen LogP contribution in [0.5, 0.6) is 5.88 Å². The second-order valence-electron chi connectivity index (χ2n) is 5.69. The van der Waals surface area contributed by atoms with Crippen molar-refractivity contribution in [1.82, 2.24) is 15.1 Å². The zero-order valence-corrected chi connectivity index (χ0v) is 12.0. The van der Waals surface area contributed by atoms with E-state index in [0.29, 0.717) is 23.7 Å². The number of rotatable bonds is 2. The minimum atomic E-state index is -0.0314. The Morgan fingerprint density at radius 3 is 2.95 bits per heavy atom. The Kier molecular flexibility index (Phi) is 3.40. The Bertz CT molecular complexity index is 540. The molecule has 2 aliphatic heterocycles. The molecule has 1 N–H and O–H groups in total. The smallest absolute Gasteiger partial charge is 0.230 e. The van der Waals surface area contributed by atoms with Gasteiger partial charge >= 0.3 is 0 Å². The number of hydrogen-bond donors (Lipinski definition) is 1. The van der Waals surface area contributed by atoms with Gasteiger partial charge in [-0.05, 0) is 32.9 Å². The van der Waals surface area contributed by atoms with Gasteiger partial charge in [0.15, 0.2) is 0 Å². The lowest BCUT2D eigenvalue weighted by atomic mass is 9.89. The molecule has 1 atom stereocenters. The lowest BCUT2D eigenvalue weighted by Crippen LogP contribution is -2.41. The summed E-state index contributed by atoms with van der Waals surface area (Å²) in [5.74, 6) is 0.560. The van der Waals surface area contributed by atoms with E-state index in [-0.39, 0.29) is 11.7 Å². The zero-order valence-electron chi connectivity index (χ0n) is 12.0. The van der Waals surface area contributed by atoms with Crippen LogP contribution in [0.25, 0.3) is 0 Å². The lowest BCUT2D eigenvalue weighted by molar-refractivity contribution is -0.0206. The van der Waals surface area contributed by atoms with Gasteiger partial charge in [0.2, 0.25) is 5.88 Å². The van der Waals surface area contributed by atoms with Gasteiger partial charge in [0.25, 0.3) is 0 Å². The van der Waals surface area contributed by atoms with Crippen molar-refractivity contribution < 1.29 is 9.47 Å². The number of aryl methyl sites for hydroxylation is 2. The van der Waals surface area contributed by atoms with Crippen LogP contribution in [0.4, 0.5) is 0 Å². The molecule has 6 nitrogen and oxygen atoms in total. The summed E-state index contributed by atoms with van der Waals surface area (Å²) in [5, 5.41) is 16.8. The number of ether oxygens (including phenoxy) is 2. The minimum absolute atomic E-state index is 0.00926. The summed E-state index contributed by atoms with van der Waals surface area (Å²) in [4.78, 5) is 0. The van der Waals surface area contributed by atoms with Crippen LogP contribution < -0.4 is 10.1 Å². The number of hydrogen-bond acceptors (Lipinski definition) is 5. The maximum atomic E-state index is 9.21. The highest BCUT2D eigenvalue weighted by atomic mass is 16.6. The molecule has 3 heterocycles. The first-order chi connectivity index (χ1) is 9.63. The van der Waals surface area contributed by atoms with Gasteiger partial charge in [0.1, 0.15) is 17.7 Å². The summed E-state index contributed by atoms with van der Waals surface area (Å²) in [6.07, 6.45) is 2.96. The van der Waals surface area contributed by atoms with Gasteiger partial charge in [-0.15, -0.1) is 0 Å². The van der Waals surface area contributed by atoms with E-state index < -0.39 is 0 Å². The van der Waals surface area contributed by atoms with E-state index in [1.807, 2.05) is 6.92 Å². The van der Waals surface area contributed by atoms with Gasteiger partial charge in [-0.1, -0.05) is 0 Å². The van der Waals surface area contributed by atoms with E-state index in [9.17, 15) is 5.26 Å². The summed E-state index contributed by atoms with van der Waals surface area (Å²) in [5.41, 5.74) is 1.20. The van der Waals surface area contributed by atoms with Crippen molar-refractivity contribution in [3.8, 4) is 11.9 Å². The molecule has 2 aliphatic rings. The number of nitrogens with one attached hydrogen (secondary N) is 1. The minimum Gasteiger partial charge on any atom is -0.471 e. The normalized spacial score (nSPS) is 24.8. The van der Waals surface area contributed by atoms with Crippen LogP contribution in [-0.4, -0.2) is 41.2 Å². The molecular formula is C14H20N4O2. The van der Waals surface area contributed by atoms with Crippen LogP contribution in [0.15, 0.2) is 0 Å². The van der Waals surface area contributed by atoms with E-state index >= 15 is 0 Å². The summed E-state index contributed by atoms with van der Waals surface area (Å²) in [6, 6.07) is 2.17. The van der Waals surface area contributed by atoms with Crippen molar-refractivity contribution in [3.63, 3.8) is 0 Å². The maximum absolute atomic E-state index is 9.21. The maximum Gasteiger partial charge on any atom is 0.230 e. The molecule has 2 fully saturated rings. The molecule has 3 rings (SSSR count). The third-order valence-electron chi connectivity index (χ3n) is 4.25. The topological polar surface area (TPSA) is 72.1 Å². The molecule has 6 heteroatoms. The molecule has 1 spiro atoms. The van der Waals surface area contributed by atoms with Crippen LogP contribution >= 0.6 is 0 Å². The monoisotopic (exact) mass is 276 g/mol. The number of piperidine rings is 1. The van der Waals surface area contributed by atoms with Crippen molar-refractivity contribution in [2.24, 2.45) is 7.05 Å². The standard InChI is InChI=1S/C14H20N4O2/c1-10-12(8-15)13(18(2)17-10)20-11-7-14(19-9-11)3-5-16-6-4-14/h11,16H,3-7,9H2,1-2H3. The van der Waals surface area contributed by atoms with Crippen LogP contribution in [0.3, 0.4) is 0 Å². The van der Waals surface area contributed by atoms with E-state index in [4.69, 9.17) is 9.47 Å². The average Bonchev–Trinajstić information content (AvgIpc) is 2.93. The Morgan fingerprint density at radius 2 is 2.25 bits per heavy atom. The largest absolute Gasteiger partial charge is 0.471 e. The molecule has 2 saturated heterocycles. The summed E-state index contributed by atoms with van der Waals surface area (Å²) >= 11 is 0. The molecule has 1 aromatic rings. The molecule has 0 amide bonds. The molecule has 1 unspecified atom stereocenters. The third-order valence-corrected chi connectivity index (χ3v) is 4.25. The van der Waals surface area contributed by atoms with Crippen molar-refractivity contribution in [1.29, 1.82) is 5.26 Å². The second-order valence-corrected chi connectivity index (χ2v) is 5.69. The van der Waals surface area contributed by atoms with Crippen molar-refractivity contribution in [3.05, 3.63) is 11.3 Å². The molecule has 0 aliphatic carbocycles. The molecule has 0 aromatic carbocycles. The highest BCUT2D eigenvalue weighted by Gasteiger charge is 2.42. The van der Waals surface area contributed by atoms with Gasteiger partial charge < -0.3 is 14.8 Å². The highest BCUT2D eigenvalue weighted by Crippen LogP contribution is 2.36. The molecule has 0 radical (unpaired) electrons. The number of nitrogens with zero attached hydrogens (tertiary/aromatic N) is 3. The Morgan fingerprint density at radius 1 is 1.50 bits per heavy atom. The second kappa shape index (κ2) is 5.08. The highest BCUT2D eigenvalue weighted by molar-refractivity contribution is 5.42. The van der Waals surface area contributed by atoms with E-state index in [0.717, 1.165) is 32.4 Å². The molecule has 0 saturated carbocycles. The van der Waals surface area contributed by atoms with Crippen LogP contribution in [0.1, 0.15) is 30.5 Å². The van der Waals surface area contributed by atoms with Gasteiger partial charge in [-0.2, -0.15) is 10.4 Å². The predicted octanol–water partition coefficient (Wildman–Crippen LogP) is 0.890. The molecule has 20 heavy (non-hydrogen) atoms. The van der Waals surface area contributed by atoms with E-state index in [2.05, 4.69) is 16.5 Å². The fraction of sp³-hybridized carbons (Fsp3) is 0.714. The van der Waals surface area contributed by atoms with Crippen LogP contribution in [0.2, 0.25) is 0 Å². The molecular weight excluding hydrogens is 256 g/mol. The van der Waals surface area contributed by atoms with Crippen LogP contribution in [-0.2, 0) is 11.8 Å². The first kappa shape index (κ1) is 13.4. The van der Waals surface area contributed by atoms with Gasteiger partial charge in [-0.25, -0.2) is 4.68 Å². The SMILES string of the molecule is Cc1nn(C)c(OC2COC3(CCNCC3)C2)c1C#N. The third kappa shape index (κ3) is 2.28. The van der Waals surface area contributed by atoms with Gasteiger partial charge in [0, 0.05) is 13.5 Å². The van der Waals surface area contributed by atoms with Crippen molar-refractivity contribution in [2.75, 3.05) is 19.7 Å². The summed E-state index contributed by atoms with van der Waals surface area (Å²) in [7, 11) is 1.80. The number of nitriles is 1.